The lowest BCUT2D eigenvalue weighted by molar-refractivity contribution is 0.575. The van der Waals surface area contributed by atoms with E-state index in [1.807, 2.05) is 7.05 Å². The second-order valence-electron chi connectivity index (χ2n) is 4.74. The number of aromatic nitrogens is 3. The minimum absolute atomic E-state index is 0.471. The maximum atomic E-state index is 5.92. The van der Waals surface area contributed by atoms with Crippen molar-refractivity contribution in [1.82, 2.24) is 15.2 Å². The van der Waals surface area contributed by atoms with Gasteiger partial charge in [-0.25, -0.2) is 4.98 Å². The Balaban J connectivity index is 1.89. The highest BCUT2D eigenvalue weighted by Gasteiger charge is 2.17. The van der Waals surface area contributed by atoms with Gasteiger partial charge in [0.1, 0.15) is 5.15 Å². The van der Waals surface area contributed by atoms with Gasteiger partial charge in [-0.15, -0.1) is 10.2 Å². The molecule has 7 heteroatoms. The highest BCUT2D eigenvalue weighted by Crippen LogP contribution is 2.34. The lowest BCUT2D eigenvalue weighted by Gasteiger charge is -2.25. The van der Waals surface area contributed by atoms with E-state index in [-0.39, 0.29) is 0 Å². The molecular formula is C13H16ClN5S. The Morgan fingerprint density at radius 1 is 1.25 bits per heavy atom. The fourth-order valence-electron chi connectivity index (χ4n) is 2.34. The minimum Gasteiger partial charge on any atom is -0.387 e. The predicted molar refractivity (Wildman–Crippen MR) is 83.8 cm³/mol. The number of piperidine rings is 1. The summed E-state index contributed by atoms with van der Waals surface area (Å²) in [6, 6.07) is 1.80. The van der Waals surface area contributed by atoms with Crippen LogP contribution in [0.2, 0.25) is 5.15 Å². The topological polar surface area (TPSA) is 53.9 Å². The third kappa shape index (κ3) is 2.71. The number of hydrogen-bond donors (Lipinski definition) is 1. The molecule has 3 heterocycles. The molecule has 0 radical (unpaired) electrons. The van der Waals surface area contributed by atoms with Gasteiger partial charge < -0.3 is 10.2 Å². The average Bonchev–Trinajstić information content (AvgIpc) is 2.97. The number of nitrogens with one attached hydrogen (secondary N) is 1. The Morgan fingerprint density at radius 3 is 2.80 bits per heavy atom. The number of nitrogens with zero attached hydrogens (tertiary/aromatic N) is 4. The molecule has 1 N–H and O–H groups in total. The van der Waals surface area contributed by atoms with Crippen molar-refractivity contribution in [2.24, 2.45) is 0 Å². The first kappa shape index (κ1) is 13.6. The lowest BCUT2D eigenvalue weighted by Crippen LogP contribution is -2.29. The zero-order valence-corrected chi connectivity index (χ0v) is 12.8. The molecule has 0 atom stereocenters. The van der Waals surface area contributed by atoms with Gasteiger partial charge in [-0.1, -0.05) is 22.9 Å². The summed E-state index contributed by atoms with van der Waals surface area (Å²) in [4.78, 5) is 6.45. The number of anilines is 2. The average molecular weight is 310 g/mol. The SMILES string of the molecule is CNc1cc(Cl)ncc1-c1nnc(N2CCCCC2)s1. The van der Waals surface area contributed by atoms with Crippen LogP contribution in [0.25, 0.3) is 10.6 Å². The normalized spacial score (nSPS) is 15.4. The summed E-state index contributed by atoms with van der Waals surface area (Å²) in [5, 5.41) is 14.1. The first-order chi connectivity index (χ1) is 9.78. The summed E-state index contributed by atoms with van der Waals surface area (Å²) < 4.78 is 0. The zero-order valence-electron chi connectivity index (χ0n) is 11.3. The molecule has 2 aromatic rings. The quantitative estimate of drug-likeness (QED) is 0.882. The molecule has 0 aliphatic carbocycles. The van der Waals surface area contributed by atoms with Crippen molar-refractivity contribution < 1.29 is 0 Å². The fourth-order valence-corrected chi connectivity index (χ4v) is 3.42. The monoisotopic (exact) mass is 309 g/mol. The van der Waals surface area contributed by atoms with Crippen LogP contribution >= 0.6 is 22.9 Å². The molecule has 5 nitrogen and oxygen atoms in total. The van der Waals surface area contributed by atoms with Crippen molar-refractivity contribution >= 4 is 33.8 Å². The van der Waals surface area contributed by atoms with Crippen LogP contribution < -0.4 is 10.2 Å². The molecule has 1 aliphatic heterocycles. The van der Waals surface area contributed by atoms with E-state index in [0.717, 1.165) is 34.5 Å². The summed E-state index contributed by atoms with van der Waals surface area (Å²) in [5.74, 6) is 0. The van der Waals surface area contributed by atoms with Crippen LogP contribution in [0.3, 0.4) is 0 Å². The molecule has 0 amide bonds. The van der Waals surface area contributed by atoms with Gasteiger partial charge in [0, 0.05) is 32.0 Å². The molecule has 1 saturated heterocycles. The van der Waals surface area contributed by atoms with Crippen LogP contribution in [0, 0.1) is 0 Å². The Morgan fingerprint density at radius 2 is 2.05 bits per heavy atom. The standard InChI is InChI=1S/C13H16ClN5S/c1-15-10-7-11(14)16-8-9(10)12-17-18-13(20-12)19-5-3-2-4-6-19/h7-8H,2-6H2,1H3,(H,15,16). The number of hydrogen-bond acceptors (Lipinski definition) is 6. The summed E-state index contributed by atoms with van der Waals surface area (Å²) in [6.07, 6.45) is 5.53. The van der Waals surface area contributed by atoms with Gasteiger partial charge in [0.15, 0.2) is 5.01 Å². The van der Waals surface area contributed by atoms with Crippen molar-refractivity contribution in [1.29, 1.82) is 0 Å². The van der Waals surface area contributed by atoms with E-state index in [1.165, 1.54) is 19.3 Å². The van der Waals surface area contributed by atoms with Crippen LogP contribution in [0.15, 0.2) is 12.3 Å². The fraction of sp³-hybridized carbons (Fsp3) is 0.462. The summed E-state index contributed by atoms with van der Waals surface area (Å²) >= 11 is 7.53. The Labute approximate surface area is 127 Å². The van der Waals surface area contributed by atoms with Gasteiger partial charge in [-0.2, -0.15) is 0 Å². The first-order valence-corrected chi connectivity index (χ1v) is 7.89. The third-order valence-electron chi connectivity index (χ3n) is 3.41. The molecule has 1 fully saturated rings. The predicted octanol–water partition coefficient (Wildman–Crippen LogP) is 3.29. The van der Waals surface area contributed by atoms with Crippen LogP contribution in [0.1, 0.15) is 19.3 Å². The van der Waals surface area contributed by atoms with E-state index in [9.17, 15) is 0 Å². The lowest BCUT2D eigenvalue weighted by atomic mass is 10.1. The molecule has 0 bridgehead atoms. The van der Waals surface area contributed by atoms with Crippen molar-refractivity contribution in [2.45, 2.75) is 19.3 Å². The summed E-state index contributed by atoms with van der Waals surface area (Å²) in [6.45, 7) is 2.15. The van der Waals surface area contributed by atoms with Crippen molar-refractivity contribution in [3.8, 4) is 10.6 Å². The molecule has 0 unspecified atom stereocenters. The van der Waals surface area contributed by atoms with E-state index in [4.69, 9.17) is 11.6 Å². The van der Waals surface area contributed by atoms with Crippen LogP contribution in [-0.2, 0) is 0 Å². The maximum absolute atomic E-state index is 5.92. The molecule has 0 saturated carbocycles. The smallest absolute Gasteiger partial charge is 0.208 e. The van der Waals surface area contributed by atoms with Crippen LogP contribution in [-0.4, -0.2) is 35.3 Å². The minimum atomic E-state index is 0.471. The molecule has 2 aromatic heterocycles. The Kier molecular flexibility index (Phi) is 4.03. The largest absolute Gasteiger partial charge is 0.387 e. The van der Waals surface area contributed by atoms with Crippen LogP contribution in [0.4, 0.5) is 10.8 Å². The van der Waals surface area contributed by atoms with Crippen LogP contribution in [0.5, 0.6) is 0 Å². The Bertz CT molecular complexity index is 594. The van der Waals surface area contributed by atoms with E-state index < -0.39 is 0 Å². The second-order valence-corrected chi connectivity index (χ2v) is 6.08. The molecule has 0 spiro atoms. The second kappa shape index (κ2) is 5.93. The van der Waals surface area contributed by atoms with E-state index >= 15 is 0 Å². The highest BCUT2D eigenvalue weighted by molar-refractivity contribution is 7.18. The van der Waals surface area contributed by atoms with Crippen molar-refractivity contribution in [2.75, 3.05) is 30.4 Å². The zero-order chi connectivity index (χ0) is 13.9. The number of pyridine rings is 1. The molecule has 106 valence electrons. The third-order valence-corrected chi connectivity index (χ3v) is 4.64. The van der Waals surface area contributed by atoms with E-state index in [2.05, 4.69) is 25.4 Å². The molecular weight excluding hydrogens is 294 g/mol. The molecule has 3 rings (SSSR count). The summed E-state index contributed by atoms with van der Waals surface area (Å²) in [7, 11) is 1.86. The van der Waals surface area contributed by atoms with Gasteiger partial charge in [0.05, 0.1) is 5.56 Å². The first-order valence-electron chi connectivity index (χ1n) is 6.70. The molecule has 20 heavy (non-hydrogen) atoms. The summed E-state index contributed by atoms with van der Waals surface area (Å²) in [5.41, 5.74) is 1.86. The van der Waals surface area contributed by atoms with Gasteiger partial charge in [-0.3, -0.25) is 0 Å². The number of halogens is 1. The molecule has 1 aliphatic rings. The van der Waals surface area contributed by atoms with Gasteiger partial charge in [0.25, 0.3) is 0 Å². The van der Waals surface area contributed by atoms with Gasteiger partial charge in [-0.05, 0) is 25.3 Å². The van der Waals surface area contributed by atoms with E-state index in [1.54, 1.807) is 23.6 Å². The highest BCUT2D eigenvalue weighted by atomic mass is 35.5. The Hall–Kier alpha value is -1.40. The van der Waals surface area contributed by atoms with E-state index in [0.29, 0.717) is 5.15 Å². The van der Waals surface area contributed by atoms with Crippen molar-refractivity contribution in [3.63, 3.8) is 0 Å². The maximum Gasteiger partial charge on any atom is 0.208 e. The van der Waals surface area contributed by atoms with Gasteiger partial charge in [0.2, 0.25) is 5.13 Å². The molecule has 0 aromatic carbocycles. The van der Waals surface area contributed by atoms with Gasteiger partial charge >= 0.3 is 0 Å². The number of rotatable bonds is 3. The van der Waals surface area contributed by atoms with Crippen molar-refractivity contribution in [3.05, 3.63) is 17.4 Å².